The van der Waals surface area contributed by atoms with Gasteiger partial charge in [-0.25, -0.2) is 0 Å². The molecule has 1 saturated carbocycles. The lowest BCUT2D eigenvalue weighted by Gasteiger charge is -2.44. The number of rotatable bonds is 8. The molecular weight excluding hydrogens is 244 g/mol. The Morgan fingerprint density at radius 2 is 1.55 bits per heavy atom. The molecule has 0 bridgehead atoms. The zero-order valence-electron chi connectivity index (χ0n) is 14.6. The van der Waals surface area contributed by atoms with E-state index in [0.717, 1.165) is 36.4 Å². The molecule has 0 aromatic carbocycles. The van der Waals surface area contributed by atoms with Gasteiger partial charge < -0.3 is 5.73 Å². The third-order valence-corrected chi connectivity index (χ3v) is 4.92. The molecule has 1 aliphatic rings. The molecule has 0 radical (unpaired) electrons. The third kappa shape index (κ3) is 5.37. The van der Waals surface area contributed by atoms with Gasteiger partial charge in [0.1, 0.15) is 0 Å². The smallest absolute Gasteiger partial charge is 0.0138 e. The summed E-state index contributed by atoms with van der Waals surface area (Å²) in [6.07, 6.45) is 8.15. The summed E-state index contributed by atoms with van der Waals surface area (Å²) in [4.78, 5) is 2.82. The second kappa shape index (κ2) is 9.04. The van der Waals surface area contributed by atoms with Gasteiger partial charge in [0.05, 0.1) is 0 Å². The van der Waals surface area contributed by atoms with Crippen LogP contribution in [0.3, 0.4) is 0 Å². The molecule has 0 amide bonds. The lowest BCUT2D eigenvalue weighted by molar-refractivity contribution is 0.0515. The molecule has 2 atom stereocenters. The van der Waals surface area contributed by atoms with E-state index in [9.17, 15) is 0 Å². The first kappa shape index (κ1) is 18.0. The molecule has 20 heavy (non-hydrogen) atoms. The molecular formula is C18H38N2. The lowest BCUT2D eigenvalue weighted by atomic mass is 9.81. The van der Waals surface area contributed by atoms with Crippen LogP contribution in [0.2, 0.25) is 0 Å². The Labute approximate surface area is 127 Å². The van der Waals surface area contributed by atoms with E-state index in [1.54, 1.807) is 0 Å². The van der Waals surface area contributed by atoms with Crippen molar-refractivity contribution in [3.05, 3.63) is 0 Å². The monoisotopic (exact) mass is 282 g/mol. The van der Waals surface area contributed by atoms with Gasteiger partial charge in [-0.15, -0.1) is 0 Å². The normalized spacial score (nSPS) is 24.3. The van der Waals surface area contributed by atoms with Crippen molar-refractivity contribution < 1.29 is 0 Å². The summed E-state index contributed by atoms with van der Waals surface area (Å²) in [5.74, 6) is 2.30. The molecule has 0 spiro atoms. The highest BCUT2D eigenvalue weighted by molar-refractivity contribution is 4.87. The summed E-state index contributed by atoms with van der Waals surface area (Å²) in [6.45, 7) is 13.9. The molecule has 1 rings (SSSR count). The quantitative estimate of drug-likeness (QED) is 0.719. The van der Waals surface area contributed by atoms with Crippen LogP contribution in [-0.2, 0) is 0 Å². The average molecular weight is 283 g/mol. The van der Waals surface area contributed by atoms with Crippen LogP contribution < -0.4 is 5.73 Å². The Bertz CT molecular complexity index is 240. The Balaban J connectivity index is 2.80. The zero-order chi connectivity index (χ0) is 15.1. The van der Waals surface area contributed by atoms with Crippen molar-refractivity contribution in [1.82, 2.24) is 4.90 Å². The number of nitrogens with zero attached hydrogens (tertiary/aromatic N) is 1. The fourth-order valence-corrected chi connectivity index (χ4v) is 4.12. The van der Waals surface area contributed by atoms with E-state index in [0.29, 0.717) is 0 Å². The van der Waals surface area contributed by atoms with E-state index in [-0.39, 0.29) is 0 Å². The summed E-state index contributed by atoms with van der Waals surface area (Å²) in [5.41, 5.74) is 6.06. The van der Waals surface area contributed by atoms with Crippen molar-refractivity contribution in [3.63, 3.8) is 0 Å². The molecule has 0 aromatic rings. The number of hydrogen-bond donors (Lipinski definition) is 1. The maximum atomic E-state index is 6.06. The van der Waals surface area contributed by atoms with Gasteiger partial charge in [-0.3, -0.25) is 4.90 Å². The standard InChI is InChI=1S/C18H38N2/c1-6-20(17(11-14(2)3)12-15(4)5)18-10-8-7-9-16(18)13-19/h14-18H,6-13,19H2,1-5H3. The minimum Gasteiger partial charge on any atom is -0.330 e. The molecule has 120 valence electrons. The number of hydrogen-bond acceptors (Lipinski definition) is 2. The molecule has 0 aromatic heterocycles. The van der Waals surface area contributed by atoms with Gasteiger partial charge in [-0.1, -0.05) is 47.5 Å². The third-order valence-electron chi connectivity index (χ3n) is 4.92. The van der Waals surface area contributed by atoms with E-state index in [1.807, 2.05) is 0 Å². The molecule has 2 unspecified atom stereocenters. The minimum atomic E-state index is 0.727. The molecule has 0 heterocycles. The summed E-state index contributed by atoms with van der Waals surface area (Å²) in [7, 11) is 0. The predicted octanol–water partition coefficient (Wildman–Crippen LogP) is 4.29. The van der Waals surface area contributed by atoms with Crippen LogP contribution >= 0.6 is 0 Å². The van der Waals surface area contributed by atoms with Gasteiger partial charge in [0, 0.05) is 12.1 Å². The van der Waals surface area contributed by atoms with Crippen molar-refractivity contribution >= 4 is 0 Å². The van der Waals surface area contributed by atoms with E-state index in [1.165, 1.54) is 45.1 Å². The largest absolute Gasteiger partial charge is 0.330 e. The summed E-state index contributed by atoms with van der Waals surface area (Å²) in [5, 5.41) is 0. The summed E-state index contributed by atoms with van der Waals surface area (Å²) >= 11 is 0. The summed E-state index contributed by atoms with van der Waals surface area (Å²) < 4.78 is 0. The Hall–Kier alpha value is -0.0800. The van der Waals surface area contributed by atoms with Gasteiger partial charge in [0.2, 0.25) is 0 Å². The van der Waals surface area contributed by atoms with Crippen molar-refractivity contribution in [3.8, 4) is 0 Å². The Kier molecular flexibility index (Phi) is 8.13. The molecule has 2 heteroatoms. The highest BCUT2D eigenvalue weighted by Gasteiger charge is 2.32. The zero-order valence-corrected chi connectivity index (χ0v) is 14.6. The molecule has 2 N–H and O–H groups in total. The molecule has 1 fully saturated rings. The van der Waals surface area contributed by atoms with Gasteiger partial charge in [0.25, 0.3) is 0 Å². The SMILES string of the molecule is CCN(C(CC(C)C)CC(C)C)C1CCCCC1CN. The van der Waals surface area contributed by atoms with Gasteiger partial charge in [-0.05, 0) is 56.5 Å². The van der Waals surface area contributed by atoms with Crippen LogP contribution in [0.1, 0.15) is 73.1 Å². The molecule has 1 aliphatic carbocycles. The van der Waals surface area contributed by atoms with Crippen LogP contribution in [0.4, 0.5) is 0 Å². The first-order valence-corrected chi connectivity index (χ1v) is 8.95. The Morgan fingerprint density at radius 3 is 2.00 bits per heavy atom. The van der Waals surface area contributed by atoms with Crippen LogP contribution in [0.15, 0.2) is 0 Å². The molecule has 2 nitrogen and oxygen atoms in total. The second-order valence-corrected chi connectivity index (χ2v) is 7.59. The fourth-order valence-electron chi connectivity index (χ4n) is 4.12. The first-order chi connectivity index (χ1) is 9.49. The number of nitrogens with two attached hydrogens (primary N) is 1. The highest BCUT2D eigenvalue weighted by atomic mass is 15.2. The van der Waals surface area contributed by atoms with E-state index in [4.69, 9.17) is 5.73 Å². The van der Waals surface area contributed by atoms with Crippen LogP contribution in [-0.4, -0.2) is 30.1 Å². The molecule has 0 saturated heterocycles. The van der Waals surface area contributed by atoms with Crippen molar-refractivity contribution in [2.45, 2.75) is 85.2 Å². The van der Waals surface area contributed by atoms with Crippen molar-refractivity contribution in [2.75, 3.05) is 13.1 Å². The predicted molar refractivity (Wildman–Crippen MR) is 89.9 cm³/mol. The van der Waals surface area contributed by atoms with E-state index in [2.05, 4.69) is 39.5 Å². The average Bonchev–Trinajstić information content (AvgIpc) is 2.38. The topological polar surface area (TPSA) is 29.3 Å². The maximum absolute atomic E-state index is 6.06. The van der Waals surface area contributed by atoms with Gasteiger partial charge in [0.15, 0.2) is 0 Å². The van der Waals surface area contributed by atoms with Crippen molar-refractivity contribution in [2.24, 2.45) is 23.5 Å². The van der Waals surface area contributed by atoms with Gasteiger partial charge in [-0.2, -0.15) is 0 Å². The van der Waals surface area contributed by atoms with Crippen LogP contribution in [0, 0.1) is 17.8 Å². The highest BCUT2D eigenvalue weighted by Crippen LogP contribution is 2.32. The fraction of sp³-hybridized carbons (Fsp3) is 1.00. The second-order valence-electron chi connectivity index (χ2n) is 7.59. The minimum absolute atomic E-state index is 0.727. The maximum Gasteiger partial charge on any atom is 0.0138 e. The first-order valence-electron chi connectivity index (χ1n) is 8.95. The van der Waals surface area contributed by atoms with Crippen molar-refractivity contribution in [1.29, 1.82) is 0 Å². The van der Waals surface area contributed by atoms with E-state index >= 15 is 0 Å². The Morgan fingerprint density at radius 1 is 1.00 bits per heavy atom. The van der Waals surface area contributed by atoms with E-state index < -0.39 is 0 Å². The van der Waals surface area contributed by atoms with Gasteiger partial charge >= 0.3 is 0 Å². The van der Waals surface area contributed by atoms with Crippen LogP contribution in [0.25, 0.3) is 0 Å². The summed E-state index contributed by atoms with van der Waals surface area (Å²) in [6, 6.07) is 1.48. The van der Waals surface area contributed by atoms with Crippen LogP contribution in [0.5, 0.6) is 0 Å². The lowest BCUT2D eigenvalue weighted by Crippen LogP contribution is -2.50. The molecule has 0 aliphatic heterocycles.